The molecule has 0 saturated carbocycles. The highest BCUT2D eigenvalue weighted by Crippen LogP contribution is 2.12. The molecular formula is C15H22N2O3. The van der Waals surface area contributed by atoms with Gasteiger partial charge in [-0.05, 0) is 31.0 Å². The fraction of sp³-hybridized carbons (Fsp3) is 0.467. The summed E-state index contributed by atoms with van der Waals surface area (Å²) >= 11 is 0. The van der Waals surface area contributed by atoms with Gasteiger partial charge in [-0.15, -0.1) is 0 Å². The summed E-state index contributed by atoms with van der Waals surface area (Å²) in [5.41, 5.74) is 1.05. The van der Waals surface area contributed by atoms with Gasteiger partial charge < -0.3 is 15.7 Å². The quantitative estimate of drug-likeness (QED) is 0.742. The Balaban J connectivity index is 2.66. The lowest BCUT2D eigenvalue weighted by atomic mass is 10.0. The summed E-state index contributed by atoms with van der Waals surface area (Å²) in [4.78, 5) is 23.4. The van der Waals surface area contributed by atoms with Gasteiger partial charge in [0.15, 0.2) is 0 Å². The van der Waals surface area contributed by atoms with Crippen molar-refractivity contribution in [3.8, 4) is 0 Å². The number of aliphatic hydroxyl groups excluding tert-OH is 1. The zero-order chi connectivity index (χ0) is 15.1. The SMILES string of the molecule is CCNC(=O)c1cccc(NC(=O)CC(O)C(C)C)c1. The van der Waals surface area contributed by atoms with Crippen molar-refractivity contribution >= 4 is 17.5 Å². The van der Waals surface area contributed by atoms with Crippen LogP contribution in [0.15, 0.2) is 24.3 Å². The Morgan fingerprint density at radius 3 is 2.60 bits per heavy atom. The molecule has 0 spiro atoms. The highest BCUT2D eigenvalue weighted by molar-refractivity contribution is 5.97. The number of aliphatic hydroxyl groups is 1. The highest BCUT2D eigenvalue weighted by Gasteiger charge is 2.14. The first-order valence-corrected chi connectivity index (χ1v) is 6.80. The number of rotatable bonds is 6. The number of hydrogen-bond donors (Lipinski definition) is 3. The van der Waals surface area contributed by atoms with Crippen molar-refractivity contribution in [2.75, 3.05) is 11.9 Å². The van der Waals surface area contributed by atoms with Crippen molar-refractivity contribution in [2.24, 2.45) is 5.92 Å². The van der Waals surface area contributed by atoms with E-state index in [1.807, 2.05) is 20.8 Å². The van der Waals surface area contributed by atoms with Crippen LogP contribution in [0.2, 0.25) is 0 Å². The average Bonchev–Trinajstić information content (AvgIpc) is 2.39. The van der Waals surface area contributed by atoms with E-state index in [2.05, 4.69) is 10.6 Å². The summed E-state index contributed by atoms with van der Waals surface area (Å²) in [6.45, 7) is 6.11. The van der Waals surface area contributed by atoms with Crippen molar-refractivity contribution in [1.29, 1.82) is 0 Å². The topological polar surface area (TPSA) is 78.4 Å². The Labute approximate surface area is 119 Å². The van der Waals surface area contributed by atoms with Crippen LogP contribution >= 0.6 is 0 Å². The maximum Gasteiger partial charge on any atom is 0.251 e. The third-order valence-corrected chi connectivity index (χ3v) is 2.91. The third-order valence-electron chi connectivity index (χ3n) is 2.91. The zero-order valence-electron chi connectivity index (χ0n) is 12.1. The van der Waals surface area contributed by atoms with E-state index in [-0.39, 0.29) is 24.2 Å². The first-order valence-electron chi connectivity index (χ1n) is 6.80. The largest absolute Gasteiger partial charge is 0.392 e. The van der Waals surface area contributed by atoms with E-state index in [0.717, 1.165) is 0 Å². The van der Waals surface area contributed by atoms with Crippen LogP contribution in [0, 0.1) is 5.92 Å². The van der Waals surface area contributed by atoms with Gasteiger partial charge >= 0.3 is 0 Å². The van der Waals surface area contributed by atoms with Crippen LogP contribution in [0.4, 0.5) is 5.69 Å². The standard InChI is InChI=1S/C15H22N2O3/c1-4-16-15(20)11-6-5-7-12(8-11)17-14(19)9-13(18)10(2)3/h5-8,10,13,18H,4,9H2,1-3H3,(H,16,20)(H,17,19). The zero-order valence-corrected chi connectivity index (χ0v) is 12.1. The average molecular weight is 278 g/mol. The second kappa shape index (κ2) is 7.65. The molecule has 2 amide bonds. The van der Waals surface area contributed by atoms with E-state index >= 15 is 0 Å². The Bertz CT molecular complexity index is 472. The summed E-state index contributed by atoms with van der Waals surface area (Å²) in [6, 6.07) is 6.72. The van der Waals surface area contributed by atoms with Gasteiger partial charge in [0.2, 0.25) is 5.91 Å². The first-order chi connectivity index (χ1) is 9.43. The van der Waals surface area contributed by atoms with Crippen LogP contribution in [0.1, 0.15) is 37.6 Å². The third kappa shape index (κ3) is 5.01. The molecule has 1 aromatic rings. The molecule has 110 valence electrons. The highest BCUT2D eigenvalue weighted by atomic mass is 16.3. The summed E-state index contributed by atoms with van der Waals surface area (Å²) < 4.78 is 0. The molecule has 0 aromatic heterocycles. The molecule has 5 nitrogen and oxygen atoms in total. The van der Waals surface area contributed by atoms with Crippen LogP contribution < -0.4 is 10.6 Å². The number of anilines is 1. The Morgan fingerprint density at radius 1 is 1.30 bits per heavy atom. The number of carbonyl (C=O) groups excluding carboxylic acids is 2. The van der Waals surface area contributed by atoms with Crippen LogP contribution in [-0.2, 0) is 4.79 Å². The van der Waals surface area contributed by atoms with Gasteiger partial charge in [0.05, 0.1) is 12.5 Å². The number of amides is 2. The number of benzene rings is 1. The van der Waals surface area contributed by atoms with Crippen LogP contribution in [0.3, 0.4) is 0 Å². The molecule has 0 aliphatic heterocycles. The molecule has 1 aromatic carbocycles. The van der Waals surface area contributed by atoms with Gasteiger partial charge in [0.1, 0.15) is 0 Å². The molecule has 0 heterocycles. The first kappa shape index (κ1) is 16.2. The molecular weight excluding hydrogens is 256 g/mol. The fourth-order valence-corrected chi connectivity index (χ4v) is 1.64. The van der Waals surface area contributed by atoms with E-state index in [4.69, 9.17) is 0 Å². The predicted octanol–water partition coefficient (Wildman–Crippen LogP) is 1.78. The van der Waals surface area contributed by atoms with Crippen molar-refractivity contribution in [3.63, 3.8) is 0 Å². The molecule has 1 unspecified atom stereocenters. The maximum absolute atomic E-state index is 11.8. The normalized spacial score (nSPS) is 12.1. The van der Waals surface area contributed by atoms with E-state index in [1.54, 1.807) is 24.3 Å². The molecule has 0 saturated heterocycles. The summed E-state index contributed by atoms with van der Waals surface area (Å²) in [7, 11) is 0. The second-order valence-corrected chi connectivity index (χ2v) is 5.00. The molecule has 0 bridgehead atoms. The van der Waals surface area contributed by atoms with Gasteiger partial charge in [-0.1, -0.05) is 19.9 Å². The predicted molar refractivity (Wildman–Crippen MR) is 78.5 cm³/mol. The number of hydrogen-bond acceptors (Lipinski definition) is 3. The van der Waals surface area contributed by atoms with Crippen molar-refractivity contribution in [1.82, 2.24) is 5.32 Å². The van der Waals surface area contributed by atoms with Gasteiger partial charge in [-0.3, -0.25) is 9.59 Å². The minimum atomic E-state index is -0.665. The fourth-order valence-electron chi connectivity index (χ4n) is 1.64. The van der Waals surface area contributed by atoms with E-state index in [9.17, 15) is 14.7 Å². The smallest absolute Gasteiger partial charge is 0.251 e. The van der Waals surface area contributed by atoms with Crippen molar-refractivity contribution < 1.29 is 14.7 Å². The molecule has 0 fully saturated rings. The van der Waals surface area contributed by atoms with Gasteiger partial charge in [-0.25, -0.2) is 0 Å². The molecule has 3 N–H and O–H groups in total. The molecule has 5 heteroatoms. The molecule has 0 radical (unpaired) electrons. The van der Waals surface area contributed by atoms with E-state index < -0.39 is 6.10 Å². The Hall–Kier alpha value is -1.88. The Kier molecular flexibility index (Phi) is 6.18. The van der Waals surface area contributed by atoms with E-state index in [0.29, 0.717) is 17.8 Å². The van der Waals surface area contributed by atoms with Crippen LogP contribution in [-0.4, -0.2) is 29.6 Å². The van der Waals surface area contributed by atoms with Crippen LogP contribution in [0.25, 0.3) is 0 Å². The Morgan fingerprint density at radius 2 is 2.00 bits per heavy atom. The second-order valence-electron chi connectivity index (χ2n) is 5.00. The van der Waals surface area contributed by atoms with Gasteiger partial charge in [0.25, 0.3) is 5.91 Å². The van der Waals surface area contributed by atoms with Crippen LogP contribution in [0.5, 0.6) is 0 Å². The number of nitrogens with one attached hydrogen (secondary N) is 2. The monoisotopic (exact) mass is 278 g/mol. The summed E-state index contributed by atoms with van der Waals surface area (Å²) in [6.07, 6.45) is -0.621. The number of carbonyl (C=O) groups is 2. The molecule has 20 heavy (non-hydrogen) atoms. The molecule has 0 aliphatic carbocycles. The van der Waals surface area contributed by atoms with Gasteiger partial charge in [0, 0.05) is 17.8 Å². The minimum Gasteiger partial charge on any atom is -0.392 e. The van der Waals surface area contributed by atoms with E-state index in [1.165, 1.54) is 0 Å². The lowest BCUT2D eigenvalue weighted by Crippen LogP contribution is -2.24. The van der Waals surface area contributed by atoms with Crippen molar-refractivity contribution in [3.05, 3.63) is 29.8 Å². The molecule has 1 atom stereocenters. The molecule has 1 rings (SSSR count). The summed E-state index contributed by atoms with van der Waals surface area (Å²) in [5.74, 6) is -0.410. The maximum atomic E-state index is 11.8. The lowest BCUT2D eigenvalue weighted by molar-refractivity contribution is -0.118. The summed E-state index contributed by atoms with van der Waals surface area (Å²) in [5, 5.41) is 15.0. The minimum absolute atomic E-state index is 0.0300. The van der Waals surface area contributed by atoms with Crippen molar-refractivity contribution in [2.45, 2.75) is 33.3 Å². The molecule has 0 aliphatic rings. The lowest BCUT2D eigenvalue weighted by Gasteiger charge is -2.14. The van der Waals surface area contributed by atoms with Gasteiger partial charge in [-0.2, -0.15) is 0 Å².